The summed E-state index contributed by atoms with van der Waals surface area (Å²) in [5.41, 5.74) is 0.608. The Morgan fingerprint density at radius 3 is 3.19 bits per heavy atom. The van der Waals surface area contributed by atoms with Crippen molar-refractivity contribution < 1.29 is 9.53 Å². The molecule has 0 spiro atoms. The molecular formula is C9H9ClN4O2. The number of aromatic nitrogens is 3. The van der Waals surface area contributed by atoms with Crippen LogP contribution in [0.5, 0.6) is 0 Å². The van der Waals surface area contributed by atoms with Crippen molar-refractivity contribution in [2.75, 3.05) is 19.0 Å². The molecule has 0 bridgehead atoms. The highest BCUT2D eigenvalue weighted by Gasteiger charge is 2.06. The fraction of sp³-hybridized carbons (Fsp3) is 0.222. The second kappa shape index (κ2) is 4.46. The van der Waals surface area contributed by atoms with Crippen molar-refractivity contribution in [2.24, 2.45) is 0 Å². The molecule has 0 radical (unpaired) electrons. The maximum atomic E-state index is 11.2. The highest BCUT2D eigenvalue weighted by molar-refractivity contribution is 6.29. The van der Waals surface area contributed by atoms with Gasteiger partial charge in [0, 0.05) is 7.11 Å². The summed E-state index contributed by atoms with van der Waals surface area (Å²) < 4.78 is 6.18. The van der Waals surface area contributed by atoms with Gasteiger partial charge in [0.25, 0.3) is 5.91 Å². The molecular weight excluding hydrogens is 232 g/mol. The molecule has 16 heavy (non-hydrogen) atoms. The molecule has 0 fully saturated rings. The van der Waals surface area contributed by atoms with Gasteiger partial charge in [0.2, 0.25) is 0 Å². The zero-order chi connectivity index (χ0) is 11.5. The van der Waals surface area contributed by atoms with Crippen molar-refractivity contribution in [2.45, 2.75) is 0 Å². The monoisotopic (exact) mass is 240 g/mol. The van der Waals surface area contributed by atoms with E-state index in [9.17, 15) is 4.79 Å². The summed E-state index contributed by atoms with van der Waals surface area (Å²) in [5, 5.41) is 6.92. The van der Waals surface area contributed by atoms with Gasteiger partial charge in [-0.2, -0.15) is 5.10 Å². The Morgan fingerprint density at radius 1 is 1.62 bits per heavy atom. The van der Waals surface area contributed by atoms with Crippen molar-refractivity contribution in [3.63, 3.8) is 0 Å². The van der Waals surface area contributed by atoms with Gasteiger partial charge in [-0.05, 0) is 12.1 Å². The lowest BCUT2D eigenvalue weighted by molar-refractivity contribution is -0.119. The van der Waals surface area contributed by atoms with Crippen LogP contribution in [0.15, 0.2) is 18.3 Å². The Morgan fingerprint density at radius 2 is 2.44 bits per heavy atom. The van der Waals surface area contributed by atoms with E-state index in [2.05, 4.69) is 20.1 Å². The standard InChI is InChI=1S/C9H9ClN4O2/c1-16-5-9(15)12-7-4-14-8(11-7)3-2-6(10)13-14/h2-4H,5H2,1H3,(H,12,15). The maximum Gasteiger partial charge on any atom is 0.251 e. The molecule has 0 saturated carbocycles. The van der Waals surface area contributed by atoms with Crippen LogP contribution in [-0.2, 0) is 9.53 Å². The molecule has 2 aromatic rings. The number of nitrogens with zero attached hydrogens (tertiary/aromatic N) is 3. The van der Waals surface area contributed by atoms with Crippen LogP contribution in [0.25, 0.3) is 5.65 Å². The maximum absolute atomic E-state index is 11.2. The van der Waals surface area contributed by atoms with Gasteiger partial charge in [-0.1, -0.05) is 11.6 Å². The minimum absolute atomic E-state index is 0.0118. The van der Waals surface area contributed by atoms with Crippen molar-refractivity contribution in [1.82, 2.24) is 14.6 Å². The normalized spacial score (nSPS) is 10.6. The third kappa shape index (κ3) is 2.29. The summed E-state index contributed by atoms with van der Waals surface area (Å²) in [6, 6.07) is 3.34. The van der Waals surface area contributed by atoms with Gasteiger partial charge in [-0.25, -0.2) is 9.50 Å². The molecule has 2 heterocycles. The zero-order valence-corrected chi connectivity index (χ0v) is 9.23. The molecule has 0 aliphatic carbocycles. The number of halogens is 1. The lowest BCUT2D eigenvalue weighted by atomic mass is 10.6. The first kappa shape index (κ1) is 10.8. The van der Waals surface area contributed by atoms with Crippen LogP contribution in [0, 0.1) is 0 Å². The van der Waals surface area contributed by atoms with E-state index in [-0.39, 0.29) is 12.5 Å². The van der Waals surface area contributed by atoms with E-state index in [1.165, 1.54) is 11.6 Å². The number of hydrogen-bond donors (Lipinski definition) is 1. The van der Waals surface area contributed by atoms with Crippen LogP contribution in [-0.4, -0.2) is 34.2 Å². The lowest BCUT2D eigenvalue weighted by Gasteiger charge is -1.98. The van der Waals surface area contributed by atoms with E-state index in [0.29, 0.717) is 16.6 Å². The average Bonchev–Trinajstić information content (AvgIpc) is 2.59. The second-order valence-corrected chi connectivity index (χ2v) is 3.45. The van der Waals surface area contributed by atoms with E-state index < -0.39 is 0 Å². The third-order valence-corrected chi connectivity index (χ3v) is 2.03. The molecule has 2 aromatic heterocycles. The average molecular weight is 241 g/mol. The van der Waals surface area contributed by atoms with Gasteiger partial charge < -0.3 is 10.1 Å². The van der Waals surface area contributed by atoms with Crippen LogP contribution in [0.3, 0.4) is 0 Å². The molecule has 0 aliphatic heterocycles. The van der Waals surface area contributed by atoms with Gasteiger partial charge in [0.05, 0.1) is 6.20 Å². The first-order valence-corrected chi connectivity index (χ1v) is 4.87. The van der Waals surface area contributed by atoms with Crippen LogP contribution >= 0.6 is 11.6 Å². The molecule has 0 aliphatic rings. The summed E-state index contributed by atoms with van der Waals surface area (Å²) in [6.45, 7) is -0.0118. The van der Waals surface area contributed by atoms with Crippen molar-refractivity contribution in [3.05, 3.63) is 23.5 Å². The predicted octanol–water partition coefficient (Wildman–Crippen LogP) is 0.968. The SMILES string of the molecule is COCC(=O)Nc1cn2nc(Cl)ccc2n1. The molecule has 2 rings (SSSR count). The van der Waals surface area contributed by atoms with Crippen LogP contribution in [0.1, 0.15) is 0 Å². The number of rotatable bonds is 3. The number of fused-ring (bicyclic) bond motifs is 1. The molecule has 6 nitrogen and oxygen atoms in total. The molecule has 0 unspecified atom stereocenters. The molecule has 7 heteroatoms. The van der Waals surface area contributed by atoms with E-state index >= 15 is 0 Å². The van der Waals surface area contributed by atoms with Crippen molar-refractivity contribution >= 4 is 29.0 Å². The second-order valence-electron chi connectivity index (χ2n) is 3.07. The largest absolute Gasteiger partial charge is 0.375 e. The Hall–Kier alpha value is -1.66. The zero-order valence-electron chi connectivity index (χ0n) is 8.48. The number of methoxy groups -OCH3 is 1. The highest BCUT2D eigenvalue weighted by atomic mass is 35.5. The predicted molar refractivity (Wildman–Crippen MR) is 58.5 cm³/mol. The highest BCUT2D eigenvalue weighted by Crippen LogP contribution is 2.10. The lowest BCUT2D eigenvalue weighted by Crippen LogP contribution is -2.17. The number of amides is 1. The number of anilines is 1. The third-order valence-electron chi connectivity index (χ3n) is 1.83. The molecule has 0 aromatic carbocycles. The first-order chi connectivity index (χ1) is 7.69. The fourth-order valence-corrected chi connectivity index (χ4v) is 1.37. The number of imidazole rings is 1. The molecule has 1 N–H and O–H groups in total. The van der Waals surface area contributed by atoms with E-state index in [1.807, 2.05) is 0 Å². The molecule has 84 valence electrons. The van der Waals surface area contributed by atoms with Gasteiger partial charge in [-0.15, -0.1) is 0 Å². The summed E-state index contributed by atoms with van der Waals surface area (Å²) in [7, 11) is 1.45. The number of hydrogen-bond acceptors (Lipinski definition) is 4. The van der Waals surface area contributed by atoms with E-state index in [4.69, 9.17) is 11.6 Å². The van der Waals surface area contributed by atoms with Crippen molar-refractivity contribution in [3.8, 4) is 0 Å². The number of ether oxygens (including phenoxy) is 1. The topological polar surface area (TPSA) is 68.5 Å². The number of carbonyl (C=O) groups is 1. The summed E-state index contributed by atoms with van der Waals surface area (Å²) >= 11 is 5.72. The summed E-state index contributed by atoms with van der Waals surface area (Å²) in [6.07, 6.45) is 1.58. The minimum Gasteiger partial charge on any atom is -0.375 e. The quantitative estimate of drug-likeness (QED) is 0.868. The van der Waals surface area contributed by atoms with Gasteiger partial charge in [-0.3, -0.25) is 4.79 Å². The fourth-order valence-electron chi connectivity index (χ4n) is 1.23. The number of nitrogens with one attached hydrogen (secondary N) is 1. The Kier molecular flexibility index (Phi) is 3.02. The first-order valence-electron chi connectivity index (χ1n) is 4.50. The Balaban J connectivity index is 2.23. The minimum atomic E-state index is -0.267. The van der Waals surface area contributed by atoms with Gasteiger partial charge >= 0.3 is 0 Å². The van der Waals surface area contributed by atoms with E-state index in [1.54, 1.807) is 18.3 Å². The summed E-state index contributed by atoms with van der Waals surface area (Å²) in [5.74, 6) is 0.147. The van der Waals surface area contributed by atoms with Crippen molar-refractivity contribution in [1.29, 1.82) is 0 Å². The van der Waals surface area contributed by atoms with Crippen LogP contribution in [0.4, 0.5) is 5.82 Å². The summed E-state index contributed by atoms with van der Waals surface area (Å²) in [4.78, 5) is 15.4. The van der Waals surface area contributed by atoms with Gasteiger partial charge in [0.15, 0.2) is 11.5 Å². The molecule has 0 atom stereocenters. The van der Waals surface area contributed by atoms with Crippen LogP contribution < -0.4 is 5.32 Å². The Bertz CT molecular complexity index is 525. The van der Waals surface area contributed by atoms with Crippen LogP contribution in [0.2, 0.25) is 5.15 Å². The number of carbonyl (C=O) groups excluding carboxylic acids is 1. The molecule has 1 amide bonds. The van der Waals surface area contributed by atoms with Gasteiger partial charge in [0.1, 0.15) is 11.8 Å². The Labute approximate surface area is 96.2 Å². The van der Waals surface area contributed by atoms with E-state index in [0.717, 1.165) is 0 Å². The smallest absolute Gasteiger partial charge is 0.251 e. The molecule has 0 saturated heterocycles.